The topological polar surface area (TPSA) is 6.48 Å². The molecule has 10 aromatic rings. The van der Waals surface area contributed by atoms with Gasteiger partial charge in [-0.05, 0) is 167 Å². The van der Waals surface area contributed by atoms with E-state index in [9.17, 15) is 0 Å². The molecule has 4 heteroatoms. The van der Waals surface area contributed by atoms with Gasteiger partial charge in [-0.15, -0.1) is 11.3 Å². The zero-order chi connectivity index (χ0) is 49.9. The number of hydrogen-bond acceptors (Lipinski definition) is 3. The Bertz CT molecular complexity index is 3870. The van der Waals surface area contributed by atoms with E-state index in [0.29, 0.717) is 5.92 Å². The monoisotopic (exact) mass is 958 g/mol. The molecule has 0 saturated heterocycles. The smallest absolute Gasteiger partial charge is 0.264 e. The van der Waals surface area contributed by atoms with Crippen LogP contribution in [-0.4, -0.2) is 6.71 Å². The molecule has 2 aliphatic heterocycles. The number of hydrogen-bond donors (Lipinski definition) is 0. The van der Waals surface area contributed by atoms with Gasteiger partial charge in [0.2, 0.25) is 0 Å². The minimum Gasteiger partial charge on any atom is -0.311 e. The molecule has 0 N–H and O–H groups in total. The Balaban J connectivity index is 1.08. The maximum absolute atomic E-state index is 2.65. The van der Waals surface area contributed by atoms with Crippen molar-refractivity contribution in [2.75, 3.05) is 9.80 Å². The van der Waals surface area contributed by atoms with E-state index in [0.717, 1.165) is 0 Å². The molecule has 354 valence electrons. The second-order valence-electron chi connectivity index (χ2n) is 23.6. The van der Waals surface area contributed by atoms with Crippen LogP contribution in [-0.2, 0) is 16.2 Å². The van der Waals surface area contributed by atoms with Gasteiger partial charge in [0.1, 0.15) is 0 Å². The lowest BCUT2D eigenvalue weighted by atomic mass is 9.36. The predicted octanol–water partition coefficient (Wildman–Crippen LogP) is 17.0. The van der Waals surface area contributed by atoms with Gasteiger partial charge in [-0.3, -0.25) is 0 Å². The maximum Gasteiger partial charge on any atom is 0.264 e. The third kappa shape index (κ3) is 6.29. The van der Waals surface area contributed by atoms with E-state index in [2.05, 4.69) is 260 Å². The number of anilines is 6. The molecule has 0 fully saturated rings. The summed E-state index contributed by atoms with van der Waals surface area (Å²) in [7, 11) is 0. The Morgan fingerprint density at radius 3 is 1.66 bits per heavy atom. The molecule has 1 aromatic heterocycles. The molecule has 0 saturated carbocycles. The van der Waals surface area contributed by atoms with Crippen molar-refractivity contribution in [2.45, 2.75) is 84.5 Å². The van der Waals surface area contributed by atoms with Gasteiger partial charge in [-0.25, -0.2) is 0 Å². The van der Waals surface area contributed by atoms with Crippen molar-refractivity contribution in [3.05, 3.63) is 233 Å². The number of fused-ring (bicyclic) bond motifs is 16. The van der Waals surface area contributed by atoms with Crippen molar-refractivity contribution in [1.82, 2.24) is 0 Å². The van der Waals surface area contributed by atoms with Gasteiger partial charge in [0.25, 0.3) is 6.71 Å². The van der Waals surface area contributed by atoms with Crippen LogP contribution in [0.1, 0.15) is 106 Å². The number of benzene rings is 9. The Morgan fingerprint density at radius 1 is 0.479 bits per heavy atom. The van der Waals surface area contributed by atoms with E-state index < -0.39 is 5.41 Å². The van der Waals surface area contributed by atoms with Crippen molar-refractivity contribution in [3.63, 3.8) is 0 Å². The molecule has 0 bridgehead atoms. The predicted molar refractivity (Wildman–Crippen MR) is 314 cm³/mol. The van der Waals surface area contributed by atoms with E-state index in [1.54, 1.807) is 0 Å². The largest absolute Gasteiger partial charge is 0.311 e. The Kier molecular flexibility index (Phi) is 9.45. The number of rotatable bonds is 4. The highest BCUT2D eigenvalue weighted by molar-refractivity contribution is 7.33. The van der Waals surface area contributed by atoms with Gasteiger partial charge in [-0.1, -0.05) is 189 Å². The fraction of sp³-hybridized carbons (Fsp3) is 0.188. The second kappa shape index (κ2) is 15.6. The number of aryl methyl sites for hydroxylation is 1. The standard InChI is InChI=1S/C69H59BN2S/c1-41(2)44-23-33-52-53-39-54-63(40-58(53)69(57(52)37-44)55-21-15-13-19-50(55)51-20-14-16-22-56(51)69)73-66-65(54)72(49-31-27-47(28-32-49)68(7,8)9)62-36-42(3)35-61-64(62)70(66)59-34-24-45(43-17-11-10-12-18-43)38-60(59)71(61)48-29-25-46(26-30-48)67(4,5)6/h10-41H,1-9H3. The Hall–Kier alpha value is -7.40. The second-order valence-corrected chi connectivity index (χ2v) is 24.6. The van der Waals surface area contributed by atoms with Gasteiger partial charge >= 0.3 is 0 Å². The average molecular weight is 959 g/mol. The van der Waals surface area contributed by atoms with Crippen LogP contribution in [0.5, 0.6) is 0 Å². The van der Waals surface area contributed by atoms with Crippen LogP contribution >= 0.6 is 11.3 Å². The van der Waals surface area contributed by atoms with E-state index in [1.165, 1.54) is 138 Å². The summed E-state index contributed by atoms with van der Waals surface area (Å²) in [5.74, 6) is 0.404. The molecule has 2 nitrogen and oxygen atoms in total. The molecule has 0 radical (unpaired) electrons. The third-order valence-electron chi connectivity index (χ3n) is 16.8. The minimum absolute atomic E-state index is 0.00522. The molecule has 0 unspecified atom stereocenters. The van der Waals surface area contributed by atoms with Crippen LogP contribution in [0, 0.1) is 6.92 Å². The van der Waals surface area contributed by atoms with Crippen molar-refractivity contribution in [2.24, 2.45) is 0 Å². The maximum atomic E-state index is 2.65. The fourth-order valence-corrected chi connectivity index (χ4v) is 14.5. The van der Waals surface area contributed by atoms with E-state index >= 15 is 0 Å². The van der Waals surface area contributed by atoms with Crippen LogP contribution in [0.3, 0.4) is 0 Å². The number of nitrogens with zero attached hydrogens (tertiary/aromatic N) is 2. The van der Waals surface area contributed by atoms with E-state index in [-0.39, 0.29) is 17.5 Å². The van der Waals surface area contributed by atoms with Gasteiger partial charge in [-0.2, -0.15) is 0 Å². The minimum atomic E-state index is -0.439. The Labute approximate surface area is 435 Å². The molecule has 14 rings (SSSR count). The lowest BCUT2D eigenvalue weighted by Crippen LogP contribution is -2.60. The van der Waals surface area contributed by atoms with Crippen LogP contribution in [0.2, 0.25) is 0 Å². The van der Waals surface area contributed by atoms with Gasteiger partial charge < -0.3 is 9.80 Å². The van der Waals surface area contributed by atoms with Gasteiger partial charge in [0.15, 0.2) is 0 Å². The van der Waals surface area contributed by atoms with Gasteiger partial charge in [0.05, 0.1) is 11.1 Å². The van der Waals surface area contributed by atoms with E-state index in [4.69, 9.17) is 0 Å². The summed E-state index contributed by atoms with van der Waals surface area (Å²) in [5.41, 5.74) is 28.4. The zero-order valence-electron chi connectivity index (χ0n) is 43.4. The van der Waals surface area contributed by atoms with Crippen LogP contribution in [0.25, 0.3) is 43.5 Å². The highest BCUT2D eigenvalue weighted by Gasteiger charge is 2.53. The number of thiophene rings is 1. The van der Waals surface area contributed by atoms with E-state index in [1.807, 2.05) is 11.3 Å². The molecule has 2 aliphatic carbocycles. The SMILES string of the molecule is Cc1cc2c3c(c1)N(c1ccc(C(C)(C)C)cc1)c1c(sc4cc5c(cc14)-c1ccc(C(C)C)cc1C51c4ccccc4-c4ccccc41)B3c1ccc(-c3ccccc3)cc1N2c1ccc(C(C)(C)C)cc1. The Morgan fingerprint density at radius 2 is 1.04 bits per heavy atom. The van der Waals surface area contributed by atoms with Crippen LogP contribution in [0.4, 0.5) is 34.1 Å². The normalized spacial score (nSPS) is 14.5. The molecule has 1 spiro atoms. The third-order valence-corrected chi connectivity index (χ3v) is 18.0. The quantitative estimate of drug-likeness (QED) is 0.162. The first-order chi connectivity index (χ1) is 35.2. The molecule has 4 aliphatic rings. The summed E-state index contributed by atoms with van der Waals surface area (Å²) >= 11 is 2.01. The van der Waals surface area contributed by atoms with Crippen molar-refractivity contribution in [1.29, 1.82) is 0 Å². The summed E-state index contributed by atoms with van der Waals surface area (Å²) in [4.78, 5) is 5.22. The molecule has 0 atom stereocenters. The van der Waals surface area contributed by atoms with Crippen molar-refractivity contribution in [3.8, 4) is 33.4 Å². The molecule has 0 amide bonds. The van der Waals surface area contributed by atoms with Crippen LogP contribution in [0.15, 0.2) is 188 Å². The summed E-state index contributed by atoms with van der Waals surface area (Å²) in [6, 6.07) is 73.1. The first-order valence-corrected chi connectivity index (χ1v) is 27.1. The van der Waals surface area contributed by atoms with Crippen molar-refractivity contribution >= 4 is 78.0 Å². The first-order valence-electron chi connectivity index (χ1n) is 26.3. The summed E-state index contributed by atoms with van der Waals surface area (Å²) in [6.45, 7) is 20.8. The zero-order valence-corrected chi connectivity index (χ0v) is 44.2. The summed E-state index contributed by atoms with van der Waals surface area (Å²) in [6.07, 6.45) is 0. The molecule has 73 heavy (non-hydrogen) atoms. The van der Waals surface area contributed by atoms with Gasteiger partial charge in [0, 0.05) is 43.3 Å². The van der Waals surface area contributed by atoms with Crippen molar-refractivity contribution < 1.29 is 0 Å². The highest BCUT2D eigenvalue weighted by Crippen LogP contribution is 2.64. The highest BCUT2D eigenvalue weighted by atomic mass is 32.1. The van der Waals surface area contributed by atoms with Crippen LogP contribution < -0.4 is 25.5 Å². The summed E-state index contributed by atoms with van der Waals surface area (Å²) < 4.78 is 2.72. The molecular weight excluding hydrogens is 900 g/mol. The molecule has 3 heterocycles. The first kappa shape index (κ1) is 44.3. The summed E-state index contributed by atoms with van der Waals surface area (Å²) in [5, 5.41) is 1.31. The fourth-order valence-electron chi connectivity index (χ4n) is 13.2. The lowest BCUT2D eigenvalue weighted by molar-refractivity contribution is 0.590. The molecular formula is C69H59BN2S. The lowest BCUT2D eigenvalue weighted by Gasteiger charge is -2.43. The average Bonchev–Trinajstić information content (AvgIpc) is 4.01. The molecule has 9 aromatic carbocycles.